The average molecular weight is 544 g/mol. The fraction of sp³-hybridized carbons (Fsp3) is 0. The van der Waals surface area contributed by atoms with Gasteiger partial charge in [0.2, 0.25) is 0 Å². The van der Waals surface area contributed by atoms with Gasteiger partial charge < -0.3 is 0 Å². The second-order valence-electron chi connectivity index (χ2n) is 10.0. The summed E-state index contributed by atoms with van der Waals surface area (Å²) in [6.45, 7) is 0. The van der Waals surface area contributed by atoms with Crippen LogP contribution in [0.15, 0.2) is 127 Å². The molecular weight excluding hydrogens is 523 g/mol. The molecule has 0 amide bonds. The van der Waals surface area contributed by atoms with E-state index >= 15 is 0 Å². The third kappa shape index (κ3) is 3.58. The van der Waals surface area contributed by atoms with Gasteiger partial charge >= 0.3 is 0 Å². The van der Waals surface area contributed by atoms with Crippen LogP contribution in [0.4, 0.5) is 0 Å². The van der Waals surface area contributed by atoms with Gasteiger partial charge in [-0.05, 0) is 64.7 Å². The summed E-state index contributed by atoms with van der Waals surface area (Å²) in [6.07, 6.45) is 0. The smallest absolute Gasteiger partial charge is 0.100 e. The van der Waals surface area contributed by atoms with Crippen LogP contribution in [-0.2, 0) is 0 Å². The Morgan fingerprint density at radius 3 is 1.90 bits per heavy atom. The zero-order valence-corrected chi connectivity index (χ0v) is 23.0. The molecule has 0 fully saturated rings. The molecule has 0 aliphatic rings. The number of hydrogen-bond donors (Lipinski definition) is 0. The number of hydrogen-bond acceptors (Lipinski definition) is 3. The molecule has 0 bridgehead atoms. The van der Waals surface area contributed by atoms with E-state index in [1.165, 1.54) is 40.3 Å². The highest BCUT2D eigenvalue weighted by molar-refractivity contribution is 7.26. The zero-order valence-electron chi connectivity index (χ0n) is 21.4. The summed E-state index contributed by atoms with van der Waals surface area (Å²) >= 11 is 3.62. The number of rotatable bonds is 3. The summed E-state index contributed by atoms with van der Waals surface area (Å²) in [7, 11) is 0. The van der Waals surface area contributed by atoms with Crippen LogP contribution in [0.3, 0.4) is 0 Å². The minimum absolute atomic E-state index is 0.710. The SMILES string of the molecule is N#Cc1c(-c2ccc3sc4ccccc4c3c2)cc(-c2ccccc2)cc1-c1cccc2sc3ccccc3c12. The summed E-state index contributed by atoms with van der Waals surface area (Å²) in [6, 6.07) is 47.8. The average Bonchev–Trinajstić information content (AvgIpc) is 3.59. The number of fused-ring (bicyclic) bond motifs is 6. The van der Waals surface area contributed by atoms with E-state index in [0.29, 0.717) is 5.56 Å². The van der Waals surface area contributed by atoms with E-state index < -0.39 is 0 Å². The Morgan fingerprint density at radius 2 is 1.07 bits per heavy atom. The van der Waals surface area contributed by atoms with Crippen LogP contribution in [0.1, 0.15) is 5.56 Å². The summed E-state index contributed by atoms with van der Waals surface area (Å²) in [5.74, 6) is 0. The van der Waals surface area contributed by atoms with Gasteiger partial charge in [-0.1, -0.05) is 84.9 Å². The van der Waals surface area contributed by atoms with Crippen molar-refractivity contribution in [3.8, 4) is 39.4 Å². The Bertz CT molecular complexity index is 2280. The van der Waals surface area contributed by atoms with E-state index in [0.717, 1.165) is 33.4 Å². The lowest BCUT2D eigenvalue weighted by Crippen LogP contribution is -1.93. The molecule has 0 unspecified atom stereocenters. The van der Waals surface area contributed by atoms with Crippen LogP contribution in [0.5, 0.6) is 0 Å². The minimum atomic E-state index is 0.710. The van der Waals surface area contributed by atoms with Crippen molar-refractivity contribution < 1.29 is 0 Å². The predicted octanol–water partition coefficient (Wildman–Crippen LogP) is 11.3. The molecule has 6 aromatic carbocycles. The summed E-state index contributed by atoms with van der Waals surface area (Å²) < 4.78 is 5.04. The van der Waals surface area contributed by atoms with Crippen molar-refractivity contribution in [3.05, 3.63) is 133 Å². The second kappa shape index (κ2) is 9.17. The van der Waals surface area contributed by atoms with Crippen LogP contribution in [0.2, 0.25) is 0 Å². The number of benzene rings is 6. The molecule has 40 heavy (non-hydrogen) atoms. The highest BCUT2D eigenvalue weighted by Gasteiger charge is 2.19. The largest absolute Gasteiger partial charge is 0.192 e. The van der Waals surface area contributed by atoms with Gasteiger partial charge in [-0.2, -0.15) is 5.26 Å². The molecule has 0 N–H and O–H groups in total. The molecule has 3 heteroatoms. The van der Waals surface area contributed by atoms with Crippen molar-refractivity contribution in [2.45, 2.75) is 0 Å². The zero-order chi connectivity index (χ0) is 26.6. The van der Waals surface area contributed by atoms with Crippen LogP contribution < -0.4 is 0 Å². The lowest BCUT2D eigenvalue weighted by molar-refractivity contribution is 1.47. The highest BCUT2D eigenvalue weighted by Crippen LogP contribution is 2.45. The lowest BCUT2D eigenvalue weighted by Gasteiger charge is -2.15. The molecule has 0 aliphatic carbocycles. The Kier molecular flexibility index (Phi) is 5.31. The number of nitriles is 1. The van der Waals surface area contributed by atoms with Gasteiger partial charge in [0.05, 0.1) is 5.56 Å². The Hall–Kier alpha value is -4.75. The number of thiophene rings is 2. The van der Waals surface area contributed by atoms with Crippen molar-refractivity contribution in [2.24, 2.45) is 0 Å². The van der Waals surface area contributed by atoms with Crippen molar-refractivity contribution in [3.63, 3.8) is 0 Å². The first-order valence-electron chi connectivity index (χ1n) is 13.2. The first-order valence-corrected chi connectivity index (χ1v) is 14.9. The summed E-state index contributed by atoms with van der Waals surface area (Å²) in [5.41, 5.74) is 7.06. The minimum Gasteiger partial charge on any atom is -0.192 e. The number of nitrogens with zero attached hydrogens (tertiary/aromatic N) is 1. The first-order chi connectivity index (χ1) is 19.8. The van der Waals surface area contributed by atoms with Crippen LogP contribution >= 0.6 is 22.7 Å². The van der Waals surface area contributed by atoms with Gasteiger partial charge in [-0.25, -0.2) is 0 Å². The van der Waals surface area contributed by atoms with Crippen LogP contribution in [0.25, 0.3) is 73.7 Å². The third-order valence-corrected chi connectivity index (χ3v) is 10.0. The predicted molar refractivity (Wildman–Crippen MR) is 173 cm³/mol. The Balaban J connectivity index is 1.46. The molecule has 186 valence electrons. The maximum atomic E-state index is 10.7. The lowest BCUT2D eigenvalue weighted by atomic mass is 9.87. The fourth-order valence-electron chi connectivity index (χ4n) is 5.89. The van der Waals surface area contributed by atoms with E-state index in [2.05, 4.69) is 127 Å². The molecule has 0 saturated carbocycles. The van der Waals surface area contributed by atoms with Crippen molar-refractivity contribution in [1.82, 2.24) is 0 Å². The standard InChI is InChI=1S/C37H21NS2/c38-22-32-29(24-17-18-35-31(19-24)26-11-4-6-14-33(26)39-35)20-25(23-9-2-1-3-10-23)21-30(32)27-13-8-16-36-37(27)28-12-5-7-15-34(28)40-36/h1-21H. The molecule has 2 aromatic heterocycles. The maximum Gasteiger partial charge on any atom is 0.100 e. The van der Waals surface area contributed by atoms with Crippen molar-refractivity contribution in [1.29, 1.82) is 5.26 Å². The van der Waals surface area contributed by atoms with Gasteiger partial charge in [0.1, 0.15) is 6.07 Å². The Labute approximate surface area is 239 Å². The van der Waals surface area contributed by atoms with Crippen molar-refractivity contribution in [2.75, 3.05) is 0 Å². The van der Waals surface area contributed by atoms with Gasteiger partial charge in [0.25, 0.3) is 0 Å². The topological polar surface area (TPSA) is 23.8 Å². The molecule has 8 rings (SSSR count). The van der Waals surface area contributed by atoms with Crippen LogP contribution in [-0.4, -0.2) is 0 Å². The second-order valence-corrected chi connectivity index (χ2v) is 12.2. The van der Waals surface area contributed by atoms with E-state index in [-0.39, 0.29) is 0 Å². The van der Waals surface area contributed by atoms with Crippen molar-refractivity contribution >= 4 is 63.0 Å². The van der Waals surface area contributed by atoms with E-state index in [1.807, 2.05) is 17.4 Å². The molecule has 0 atom stereocenters. The van der Waals surface area contributed by atoms with E-state index in [1.54, 1.807) is 11.3 Å². The van der Waals surface area contributed by atoms with Gasteiger partial charge in [0, 0.05) is 51.5 Å². The third-order valence-electron chi connectivity index (χ3n) is 7.74. The molecule has 2 heterocycles. The molecule has 0 aliphatic heterocycles. The van der Waals surface area contributed by atoms with Gasteiger partial charge in [-0.3, -0.25) is 0 Å². The van der Waals surface area contributed by atoms with Gasteiger partial charge in [-0.15, -0.1) is 22.7 Å². The normalized spacial score (nSPS) is 11.5. The highest BCUT2D eigenvalue weighted by atomic mass is 32.1. The fourth-order valence-corrected chi connectivity index (χ4v) is 8.11. The first kappa shape index (κ1) is 23.2. The van der Waals surface area contributed by atoms with Crippen LogP contribution in [0, 0.1) is 11.3 Å². The molecule has 8 aromatic rings. The molecule has 0 spiro atoms. The molecular formula is C37H21NS2. The molecule has 0 saturated heterocycles. The molecule has 1 nitrogen and oxygen atoms in total. The van der Waals surface area contributed by atoms with Gasteiger partial charge in [0.15, 0.2) is 0 Å². The summed E-state index contributed by atoms with van der Waals surface area (Å²) in [5, 5.41) is 15.7. The quantitative estimate of drug-likeness (QED) is 0.217. The van der Waals surface area contributed by atoms with E-state index in [4.69, 9.17) is 0 Å². The Morgan fingerprint density at radius 1 is 0.425 bits per heavy atom. The molecule has 0 radical (unpaired) electrons. The summed E-state index contributed by atoms with van der Waals surface area (Å²) in [4.78, 5) is 0. The maximum absolute atomic E-state index is 10.7. The monoisotopic (exact) mass is 543 g/mol. The van der Waals surface area contributed by atoms with E-state index in [9.17, 15) is 5.26 Å².